The number of sulfone groups is 1. The predicted octanol–water partition coefficient (Wildman–Crippen LogP) is 4.01. The second-order valence-corrected chi connectivity index (χ2v) is 9.01. The van der Waals surface area contributed by atoms with E-state index in [1.807, 2.05) is 0 Å². The summed E-state index contributed by atoms with van der Waals surface area (Å²) in [6.07, 6.45) is 3.94. The number of oxazole rings is 2. The first-order valence-electron chi connectivity index (χ1n) is 8.87. The van der Waals surface area contributed by atoms with Crippen LogP contribution in [-0.4, -0.2) is 35.5 Å². The molecule has 0 saturated carbocycles. The van der Waals surface area contributed by atoms with Crippen LogP contribution in [-0.2, 0) is 9.84 Å². The number of anilines is 1. The van der Waals surface area contributed by atoms with Crippen LogP contribution >= 0.6 is 11.6 Å². The molecule has 1 N–H and O–H groups in total. The lowest BCUT2D eigenvalue weighted by Gasteiger charge is -2.03. The third-order valence-corrected chi connectivity index (χ3v) is 5.56. The highest BCUT2D eigenvalue weighted by Crippen LogP contribution is 2.27. The van der Waals surface area contributed by atoms with Crippen LogP contribution in [0.3, 0.4) is 0 Å². The molecular formula is C20H15ClN4O5S. The fourth-order valence-corrected chi connectivity index (χ4v) is 3.51. The number of hydrogen-bond acceptors (Lipinski definition) is 8. The van der Waals surface area contributed by atoms with Crippen molar-refractivity contribution < 1.29 is 22.0 Å². The van der Waals surface area contributed by atoms with E-state index in [9.17, 15) is 13.2 Å². The van der Waals surface area contributed by atoms with Crippen molar-refractivity contribution in [3.8, 4) is 22.6 Å². The van der Waals surface area contributed by atoms with E-state index in [0.717, 1.165) is 6.26 Å². The Morgan fingerprint density at radius 1 is 1.06 bits per heavy atom. The van der Waals surface area contributed by atoms with Crippen molar-refractivity contribution in [2.75, 3.05) is 11.6 Å². The molecule has 0 radical (unpaired) electrons. The first kappa shape index (κ1) is 20.8. The molecule has 0 saturated heterocycles. The molecule has 3 heterocycles. The molecule has 31 heavy (non-hydrogen) atoms. The Morgan fingerprint density at radius 3 is 2.45 bits per heavy atom. The highest BCUT2D eigenvalue weighted by atomic mass is 35.5. The number of rotatable bonds is 5. The molecule has 3 aromatic heterocycles. The summed E-state index contributed by atoms with van der Waals surface area (Å²) in [5.41, 5.74) is 1.72. The molecule has 0 aliphatic carbocycles. The minimum absolute atomic E-state index is 0.0517. The minimum Gasteiger partial charge on any atom is -0.435 e. The number of hydrogen-bond donors (Lipinski definition) is 1. The summed E-state index contributed by atoms with van der Waals surface area (Å²) in [5, 5.41) is 3.00. The fourth-order valence-electron chi connectivity index (χ4n) is 2.77. The number of amides is 1. The molecule has 0 atom stereocenters. The summed E-state index contributed by atoms with van der Waals surface area (Å²) in [7, 11) is -3.34. The molecule has 0 aliphatic heterocycles. The third kappa shape index (κ3) is 4.49. The van der Waals surface area contributed by atoms with Crippen molar-refractivity contribution in [3.63, 3.8) is 0 Å². The van der Waals surface area contributed by atoms with Gasteiger partial charge in [-0.1, -0.05) is 23.7 Å². The van der Waals surface area contributed by atoms with Gasteiger partial charge in [0.25, 0.3) is 5.91 Å². The molecular weight excluding hydrogens is 444 g/mol. The fraction of sp³-hybridized carbons (Fsp3) is 0.100. The number of benzene rings is 1. The van der Waals surface area contributed by atoms with E-state index >= 15 is 0 Å². The van der Waals surface area contributed by atoms with Crippen LogP contribution in [0.25, 0.3) is 22.6 Å². The summed E-state index contributed by atoms with van der Waals surface area (Å²) < 4.78 is 34.1. The standard InChI is InChI=1S/C20H15ClN4O5S/c1-11-23-17(12-3-6-14(7-4-12)31(2,27)28)18(30-11)19(26)25-20-24-16(10-29-20)15-8-5-13(21)9-22-15/h3-10H,1-2H3,(H,24,25,26). The molecule has 4 aromatic rings. The van der Waals surface area contributed by atoms with Gasteiger partial charge in [-0.05, 0) is 24.3 Å². The van der Waals surface area contributed by atoms with Gasteiger partial charge in [-0.2, -0.15) is 4.98 Å². The second kappa shape index (κ2) is 7.97. The van der Waals surface area contributed by atoms with Gasteiger partial charge < -0.3 is 8.83 Å². The van der Waals surface area contributed by atoms with Gasteiger partial charge in [0, 0.05) is 24.9 Å². The van der Waals surface area contributed by atoms with Gasteiger partial charge in [-0.15, -0.1) is 0 Å². The monoisotopic (exact) mass is 458 g/mol. The molecule has 1 aromatic carbocycles. The van der Waals surface area contributed by atoms with E-state index in [1.165, 1.54) is 24.6 Å². The van der Waals surface area contributed by atoms with Gasteiger partial charge in [0.05, 0.1) is 15.6 Å². The van der Waals surface area contributed by atoms with E-state index in [0.29, 0.717) is 22.0 Å². The van der Waals surface area contributed by atoms with Crippen molar-refractivity contribution in [3.05, 3.63) is 65.5 Å². The Balaban J connectivity index is 1.58. The average molecular weight is 459 g/mol. The lowest BCUT2D eigenvalue weighted by Crippen LogP contribution is -2.12. The maximum Gasteiger partial charge on any atom is 0.302 e. The summed E-state index contributed by atoms with van der Waals surface area (Å²) >= 11 is 5.83. The van der Waals surface area contributed by atoms with Crippen molar-refractivity contribution in [2.45, 2.75) is 11.8 Å². The van der Waals surface area contributed by atoms with Crippen LogP contribution in [0, 0.1) is 6.92 Å². The molecule has 9 nitrogen and oxygen atoms in total. The summed E-state index contributed by atoms with van der Waals surface area (Å²) in [6.45, 7) is 1.60. The Morgan fingerprint density at radius 2 is 1.81 bits per heavy atom. The molecule has 0 aliphatic rings. The van der Waals surface area contributed by atoms with Crippen molar-refractivity contribution >= 4 is 33.4 Å². The number of aromatic nitrogens is 3. The van der Waals surface area contributed by atoms with Crippen LogP contribution < -0.4 is 5.32 Å². The van der Waals surface area contributed by atoms with Gasteiger partial charge in [-0.3, -0.25) is 15.1 Å². The number of aryl methyl sites for hydroxylation is 1. The number of pyridine rings is 1. The highest BCUT2D eigenvalue weighted by Gasteiger charge is 2.22. The smallest absolute Gasteiger partial charge is 0.302 e. The van der Waals surface area contributed by atoms with Gasteiger partial charge in [0.2, 0.25) is 5.76 Å². The zero-order valence-electron chi connectivity index (χ0n) is 16.3. The molecule has 0 bridgehead atoms. The van der Waals surface area contributed by atoms with E-state index in [4.69, 9.17) is 20.4 Å². The Hall–Kier alpha value is -3.50. The largest absolute Gasteiger partial charge is 0.435 e. The van der Waals surface area contributed by atoms with Gasteiger partial charge >= 0.3 is 6.01 Å². The van der Waals surface area contributed by atoms with E-state index < -0.39 is 15.7 Å². The number of nitrogens with one attached hydrogen (secondary N) is 1. The molecule has 158 valence electrons. The van der Waals surface area contributed by atoms with E-state index in [-0.39, 0.29) is 28.3 Å². The average Bonchev–Trinajstić information content (AvgIpc) is 3.35. The van der Waals surface area contributed by atoms with Gasteiger partial charge in [0.1, 0.15) is 17.7 Å². The molecule has 0 fully saturated rings. The lowest BCUT2D eigenvalue weighted by atomic mass is 10.1. The molecule has 0 spiro atoms. The van der Waals surface area contributed by atoms with Crippen molar-refractivity contribution in [2.24, 2.45) is 0 Å². The highest BCUT2D eigenvalue weighted by molar-refractivity contribution is 7.90. The number of carbonyl (C=O) groups is 1. The van der Waals surface area contributed by atoms with Crippen molar-refractivity contribution in [1.82, 2.24) is 15.0 Å². The first-order valence-corrected chi connectivity index (χ1v) is 11.1. The van der Waals surface area contributed by atoms with E-state index in [1.54, 1.807) is 31.2 Å². The zero-order chi connectivity index (χ0) is 22.2. The zero-order valence-corrected chi connectivity index (χ0v) is 17.9. The Labute approximate surface area is 182 Å². The number of halogens is 1. The topological polar surface area (TPSA) is 128 Å². The molecule has 1 amide bonds. The quantitative estimate of drug-likeness (QED) is 0.475. The van der Waals surface area contributed by atoms with Crippen LogP contribution in [0.4, 0.5) is 6.01 Å². The maximum atomic E-state index is 12.8. The summed E-state index contributed by atoms with van der Waals surface area (Å²) in [5.74, 6) is -0.417. The minimum atomic E-state index is -3.34. The molecule has 11 heteroatoms. The SMILES string of the molecule is Cc1nc(-c2ccc(S(C)(=O)=O)cc2)c(C(=O)Nc2nc(-c3ccc(Cl)cn3)co2)o1. The van der Waals surface area contributed by atoms with E-state index in [2.05, 4.69) is 20.3 Å². The Bertz CT molecular complexity index is 1360. The second-order valence-electron chi connectivity index (χ2n) is 6.56. The number of carbonyl (C=O) groups excluding carboxylic acids is 1. The van der Waals surface area contributed by atoms with Gasteiger partial charge in [0.15, 0.2) is 15.7 Å². The van der Waals surface area contributed by atoms with Crippen LogP contribution in [0.1, 0.15) is 16.4 Å². The van der Waals surface area contributed by atoms with Crippen LogP contribution in [0.15, 0.2) is 62.6 Å². The normalized spacial score (nSPS) is 11.5. The van der Waals surface area contributed by atoms with Crippen LogP contribution in [0.2, 0.25) is 5.02 Å². The van der Waals surface area contributed by atoms with Crippen molar-refractivity contribution in [1.29, 1.82) is 0 Å². The third-order valence-electron chi connectivity index (χ3n) is 4.21. The van der Waals surface area contributed by atoms with Gasteiger partial charge in [-0.25, -0.2) is 13.4 Å². The Kier molecular flexibility index (Phi) is 5.34. The molecule has 4 rings (SSSR count). The number of nitrogens with zero attached hydrogens (tertiary/aromatic N) is 3. The maximum absolute atomic E-state index is 12.8. The summed E-state index contributed by atoms with van der Waals surface area (Å²) in [6, 6.07) is 9.27. The van der Waals surface area contributed by atoms with Crippen LogP contribution in [0.5, 0.6) is 0 Å². The summed E-state index contributed by atoms with van der Waals surface area (Å²) in [4.78, 5) is 25.5. The lowest BCUT2D eigenvalue weighted by molar-refractivity contribution is 0.0993. The molecule has 0 unspecified atom stereocenters. The predicted molar refractivity (Wildman–Crippen MR) is 112 cm³/mol. The first-order chi connectivity index (χ1) is 14.7.